The molecule has 1 heterocycles. The van der Waals surface area contributed by atoms with Crippen LogP contribution < -0.4 is 5.32 Å². The van der Waals surface area contributed by atoms with Crippen molar-refractivity contribution >= 4 is 5.91 Å². The molecule has 2 N–H and O–H groups in total. The lowest BCUT2D eigenvalue weighted by atomic mass is 9.77. The maximum atomic E-state index is 12.6. The smallest absolute Gasteiger partial charge is 0.286 e. The van der Waals surface area contributed by atoms with Gasteiger partial charge in [0.25, 0.3) is 5.91 Å². The molecule has 2 rings (SSSR count). The molecule has 1 aliphatic heterocycles. The number of carbonyl (C=O) groups excluding carboxylic acids is 1. The molecule has 5 heteroatoms. The second-order valence-electron chi connectivity index (χ2n) is 8.08. The van der Waals surface area contributed by atoms with Crippen LogP contribution in [0, 0.1) is 11.3 Å². The minimum absolute atomic E-state index is 0.0199. The van der Waals surface area contributed by atoms with Crippen molar-refractivity contribution in [1.29, 1.82) is 0 Å². The first-order chi connectivity index (χ1) is 12.9. The molecule has 5 nitrogen and oxygen atoms in total. The highest BCUT2D eigenvalue weighted by molar-refractivity contribution is 5.91. The third-order valence-corrected chi connectivity index (χ3v) is 4.79. The van der Waals surface area contributed by atoms with Gasteiger partial charge >= 0.3 is 0 Å². The fraction of sp³-hybridized carbons (Fsp3) is 0.591. The Bertz CT molecular complexity index is 606. The molecule has 0 saturated heterocycles. The zero-order valence-electron chi connectivity index (χ0n) is 16.7. The molecule has 150 valence electrons. The third kappa shape index (κ3) is 7.35. The summed E-state index contributed by atoms with van der Waals surface area (Å²) in [5, 5.41) is 11.8. The number of allylic oxidation sites excluding steroid dienone is 1. The van der Waals surface area contributed by atoms with Gasteiger partial charge in [0.2, 0.25) is 6.29 Å². The summed E-state index contributed by atoms with van der Waals surface area (Å²) in [5.41, 5.74) is 1.21. The first-order valence-electron chi connectivity index (χ1n) is 9.83. The average molecular weight is 376 g/mol. The Kier molecular flexibility index (Phi) is 8.32. The number of benzene rings is 1. The molecular weight excluding hydrogens is 342 g/mol. The van der Waals surface area contributed by atoms with Crippen molar-refractivity contribution in [3.63, 3.8) is 0 Å². The molecule has 0 aromatic heterocycles. The number of hydrogen-bond donors (Lipinski definition) is 2. The molecular formula is C22H33NO4. The molecule has 0 radical (unpaired) electrons. The van der Waals surface area contributed by atoms with Crippen LogP contribution in [0.25, 0.3) is 0 Å². The van der Waals surface area contributed by atoms with Crippen molar-refractivity contribution in [2.75, 3.05) is 19.8 Å². The summed E-state index contributed by atoms with van der Waals surface area (Å²) in [6, 6.07) is 10.1. The highest BCUT2D eigenvalue weighted by Gasteiger charge is 2.33. The van der Waals surface area contributed by atoms with Gasteiger partial charge in [-0.3, -0.25) is 4.79 Å². The third-order valence-electron chi connectivity index (χ3n) is 4.79. The maximum Gasteiger partial charge on any atom is 0.286 e. The highest BCUT2D eigenvalue weighted by Crippen LogP contribution is 2.36. The topological polar surface area (TPSA) is 67.8 Å². The van der Waals surface area contributed by atoms with E-state index in [1.54, 1.807) is 0 Å². The number of aliphatic hydroxyl groups is 1. The van der Waals surface area contributed by atoms with Crippen molar-refractivity contribution in [2.45, 2.75) is 52.7 Å². The van der Waals surface area contributed by atoms with Crippen LogP contribution in [0.3, 0.4) is 0 Å². The van der Waals surface area contributed by atoms with Crippen LogP contribution in [0.2, 0.25) is 0 Å². The van der Waals surface area contributed by atoms with Crippen LogP contribution in [0.4, 0.5) is 0 Å². The van der Waals surface area contributed by atoms with Crippen LogP contribution in [0.5, 0.6) is 0 Å². The van der Waals surface area contributed by atoms with Gasteiger partial charge in [-0.25, -0.2) is 0 Å². The van der Waals surface area contributed by atoms with Crippen LogP contribution in [0.1, 0.15) is 45.6 Å². The van der Waals surface area contributed by atoms with Crippen LogP contribution in [-0.2, 0) is 20.7 Å². The minimum atomic E-state index is -0.423. The lowest BCUT2D eigenvalue weighted by molar-refractivity contribution is -0.153. The lowest BCUT2D eigenvalue weighted by Gasteiger charge is -2.35. The number of carbonyl (C=O) groups is 1. The van der Waals surface area contributed by atoms with Crippen LogP contribution in [-0.4, -0.2) is 37.1 Å². The molecule has 2 atom stereocenters. The summed E-state index contributed by atoms with van der Waals surface area (Å²) in [6.07, 6.45) is 4.50. The van der Waals surface area contributed by atoms with Crippen molar-refractivity contribution in [2.24, 2.45) is 11.3 Å². The Morgan fingerprint density at radius 3 is 2.67 bits per heavy atom. The largest absolute Gasteiger partial charge is 0.459 e. The van der Waals surface area contributed by atoms with E-state index in [2.05, 4.69) is 38.2 Å². The summed E-state index contributed by atoms with van der Waals surface area (Å²) in [6.45, 7) is 7.72. The van der Waals surface area contributed by atoms with E-state index >= 15 is 0 Å². The Hall–Kier alpha value is -1.85. The number of unbranched alkanes of at least 4 members (excludes halogenated alkanes) is 1. The van der Waals surface area contributed by atoms with Crippen LogP contribution in [0.15, 0.2) is 42.2 Å². The van der Waals surface area contributed by atoms with Gasteiger partial charge in [0.15, 0.2) is 5.76 Å². The quantitative estimate of drug-likeness (QED) is 0.649. The minimum Gasteiger partial charge on any atom is -0.459 e. The van der Waals surface area contributed by atoms with Gasteiger partial charge in [0, 0.05) is 19.6 Å². The molecule has 0 spiro atoms. The molecule has 27 heavy (non-hydrogen) atoms. The molecule has 1 aromatic carbocycles. The van der Waals surface area contributed by atoms with Crippen LogP contribution >= 0.6 is 0 Å². The van der Waals surface area contributed by atoms with E-state index in [1.165, 1.54) is 5.56 Å². The number of hydrogen-bond acceptors (Lipinski definition) is 4. The maximum absolute atomic E-state index is 12.6. The zero-order chi connectivity index (χ0) is 19.7. The van der Waals surface area contributed by atoms with E-state index in [0.29, 0.717) is 25.3 Å². The highest BCUT2D eigenvalue weighted by atomic mass is 16.7. The average Bonchev–Trinajstić information content (AvgIpc) is 2.65. The second-order valence-corrected chi connectivity index (χ2v) is 8.08. The molecule has 0 saturated carbocycles. The van der Waals surface area contributed by atoms with Crippen molar-refractivity contribution < 1.29 is 19.4 Å². The number of aliphatic hydroxyl groups excluding tert-OH is 1. The Morgan fingerprint density at radius 2 is 2.00 bits per heavy atom. The van der Waals surface area contributed by atoms with E-state index in [4.69, 9.17) is 14.6 Å². The van der Waals surface area contributed by atoms with Gasteiger partial charge in [-0.15, -0.1) is 0 Å². The standard InChI is InChI=1S/C22H33NO4/c1-22(2,3)18-15-19(27-20(16-18)26-14-8-7-13-24)21(25)23-12-11-17-9-5-4-6-10-17/h4-6,9-10,15,18,20,24H,7-8,11-14,16H2,1-3H3,(H,23,25)/t18-,20+/m1/s1. The fourth-order valence-electron chi connectivity index (χ4n) is 3.00. The summed E-state index contributed by atoms with van der Waals surface area (Å²) in [5.74, 6) is 0.356. The summed E-state index contributed by atoms with van der Waals surface area (Å²) in [4.78, 5) is 12.6. The fourth-order valence-corrected chi connectivity index (χ4v) is 3.00. The Morgan fingerprint density at radius 1 is 1.26 bits per heavy atom. The van der Waals surface area contributed by atoms with Crippen molar-refractivity contribution in [3.05, 3.63) is 47.7 Å². The molecule has 1 aromatic rings. The number of ether oxygens (including phenoxy) is 2. The van der Waals surface area contributed by atoms with Gasteiger partial charge in [0.05, 0.1) is 6.61 Å². The molecule has 0 aliphatic carbocycles. The van der Waals surface area contributed by atoms with Gasteiger partial charge in [0.1, 0.15) is 0 Å². The first-order valence-corrected chi connectivity index (χ1v) is 9.83. The van der Waals surface area contributed by atoms with E-state index < -0.39 is 6.29 Å². The van der Waals surface area contributed by atoms with Crippen molar-refractivity contribution in [3.8, 4) is 0 Å². The SMILES string of the molecule is CC(C)(C)[C@@H]1C=C(C(=O)NCCc2ccccc2)O[C@H](OCCCCO)C1. The first kappa shape index (κ1) is 21.5. The van der Waals surface area contributed by atoms with E-state index in [0.717, 1.165) is 19.3 Å². The van der Waals surface area contributed by atoms with Gasteiger partial charge < -0.3 is 19.9 Å². The molecule has 1 amide bonds. The van der Waals surface area contributed by atoms with E-state index in [1.807, 2.05) is 24.3 Å². The molecule has 1 aliphatic rings. The monoisotopic (exact) mass is 375 g/mol. The number of amides is 1. The molecule has 0 bridgehead atoms. The van der Waals surface area contributed by atoms with E-state index in [9.17, 15) is 4.79 Å². The predicted molar refractivity (Wildman–Crippen MR) is 106 cm³/mol. The normalized spacial score (nSPS) is 19.9. The number of rotatable bonds is 9. The number of nitrogens with one attached hydrogen (secondary N) is 1. The summed E-state index contributed by atoms with van der Waals surface area (Å²) in [7, 11) is 0. The summed E-state index contributed by atoms with van der Waals surface area (Å²) >= 11 is 0. The Balaban J connectivity index is 1.92. The van der Waals surface area contributed by atoms with Gasteiger partial charge in [-0.05, 0) is 42.2 Å². The predicted octanol–water partition coefficient (Wildman–Crippen LogP) is 3.43. The lowest BCUT2D eigenvalue weighted by Crippen LogP contribution is -2.37. The zero-order valence-corrected chi connectivity index (χ0v) is 16.7. The van der Waals surface area contributed by atoms with E-state index in [-0.39, 0.29) is 23.8 Å². The van der Waals surface area contributed by atoms with Crippen molar-refractivity contribution in [1.82, 2.24) is 5.32 Å². The van der Waals surface area contributed by atoms with Gasteiger partial charge in [-0.1, -0.05) is 51.1 Å². The second kappa shape index (κ2) is 10.5. The molecule has 0 unspecified atom stereocenters. The summed E-state index contributed by atoms with van der Waals surface area (Å²) < 4.78 is 11.6. The Labute approximate surface area is 162 Å². The molecule has 0 fully saturated rings. The van der Waals surface area contributed by atoms with Gasteiger partial charge in [-0.2, -0.15) is 0 Å².